The van der Waals surface area contributed by atoms with Crippen molar-refractivity contribution in [2.24, 2.45) is 0 Å². The smallest absolute Gasteiger partial charge is 0.161 e. The Morgan fingerprint density at radius 2 is 1.86 bits per heavy atom. The zero-order valence-corrected chi connectivity index (χ0v) is 8.41. The predicted octanol–water partition coefficient (Wildman–Crippen LogP) is 1.68. The Hall–Kier alpha value is -1.22. The molecule has 1 atom stereocenters. The molecule has 0 amide bonds. The van der Waals surface area contributed by atoms with E-state index in [0.717, 1.165) is 29.7 Å². The van der Waals surface area contributed by atoms with Gasteiger partial charge in [-0.1, -0.05) is 0 Å². The number of methoxy groups -OCH3 is 2. The fourth-order valence-corrected chi connectivity index (χ4v) is 1.91. The fraction of sp³-hybridized carbons (Fsp3) is 0.455. The molecule has 3 heteroatoms. The van der Waals surface area contributed by atoms with Crippen LogP contribution >= 0.6 is 0 Å². The van der Waals surface area contributed by atoms with Gasteiger partial charge < -0.3 is 14.6 Å². The standard InChI is InChI=1S/C11H14O3/c1-13-10-5-7-3-4-9(12)8(7)6-11(10)14-2/h5-6,9,12H,3-4H2,1-2H3/t9-/m1/s1. The van der Waals surface area contributed by atoms with E-state index in [4.69, 9.17) is 9.47 Å². The third-order valence-corrected chi connectivity index (χ3v) is 2.69. The lowest BCUT2D eigenvalue weighted by Crippen LogP contribution is -1.95. The number of aliphatic hydroxyl groups is 1. The summed E-state index contributed by atoms with van der Waals surface area (Å²) in [4.78, 5) is 0. The van der Waals surface area contributed by atoms with Crippen LogP contribution in [0.15, 0.2) is 12.1 Å². The topological polar surface area (TPSA) is 38.7 Å². The molecule has 0 bridgehead atoms. The van der Waals surface area contributed by atoms with Gasteiger partial charge in [0.2, 0.25) is 0 Å². The maximum absolute atomic E-state index is 9.67. The van der Waals surface area contributed by atoms with Gasteiger partial charge in [-0.15, -0.1) is 0 Å². The van der Waals surface area contributed by atoms with E-state index in [-0.39, 0.29) is 6.10 Å². The van der Waals surface area contributed by atoms with Gasteiger partial charge in [0, 0.05) is 0 Å². The third-order valence-electron chi connectivity index (χ3n) is 2.69. The van der Waals surface area contributed by atoms with Crippen LogP contribution in [-0.4, -0.2) is 19.3 Å². The van der Waals surface area contributed by atoms with E-state index >= 15 is 0 Å². The van der Waals surface area contributed by atoms with E-state index in [1.165, 1.54) is 0 Å². The van der Waals surface area contributed by atoms with Crippen LogP contribution in [0.4, 0.5) is 0 Å². The van der Waals surface area contributed by atoms with Crippen molar-refractivity contribution in [1.82, 2.24) is 0 Å². The van der Waals surface area contributed by atoms with Crippen molar-refractivity contribution in [3.8, 4) is 11.5 Å². The average Bonchev–Trinajstić information content (AvgIpc) is 2.58. The minimum absolute atomic E-state index is 0.343. The van der Waals surface area contributed by atoms with Crippen LogP contribution in [0.1, 0.15) is 23.7 Å². The first kappa shape index (κ1) is 9.34. The Balaban J connectivity index is 2.49. The Morgan fingerprint density at radius 1 is 1.21 bits per heavy atom. The summed E-state index contributed by atoms with van der Waals surface area (Å²) in [5.74, 6) is 1.42. The Bertz CT molecular complexity index is 346. The van der Waals surface area contributed by atoms with Crippen LogP contribution in [0.25, 0.3) is 0 Å². The monoisotopic (exact) mass is 194 g/mol. The summed E-state index contributed by atoms with van der Waals surface area (Å²) in [6.07, 6.45) is 1.37. The first-order valence-electron chi connectivity index (χ1n) is 4.69. The molecule has 2 rings (SSSR count). The maximum Gasteiger partial charge on any atom is 0.161 e. The molecule has 1 aromatic rings. The van der Waals surface area contributed by atoms with Gasteiger partial charge in [-0.25, -0.2) is 0 Å². The molecule has 0 spiro atoms. The second-order valence-corrected chi connectivity index (χ2v) is 3.46. The van der Waals surface area contributed by atoms with Crippen LogP contribution in [0, 0.1) is 0 Å². The van der Waals surface area contributed by atoms with Gasteiger partial charge in [-0.05, 0) is 36.1 Å². The highest BCUT2D eigenvalue weighted by molar-refractivity contribution is 5.49. The van der Waals surface area contributed by atoms with Gasteiger partial charge >= 0.3 is 0 Å². The van der Waals surface area contributed by atoms with Crippen LogP contribution < -0.4 is 9.47 Å². The van der Waals surface area contributed by atoms with E-state index in [9.17, 15) is 5.11 Å². The Kier molecular flexibility index (Phi) is 2.33. The highest BCUT2D eigenvalue weighted by Crippen LogP contribution is 2.38. The molecule has 1 aromatic carbocycles. The average molecular weight is 194 g/mol. The normalized spacial score (nSPS) is 19.2. The van der Waals surface area contributed by atoms with Crippen LogP contribution in [-0.2, 0) is 6.42 Å². The number of rotatable bonds is 2. The van der Waals surface area contributed by atoms with Crippen molar-refractivity contribution in [3.63, 3.8) is 0 Å². The minimum Gasteiger partial charge on any atom is -0.493 e. The zero-order chi connectivity index (χ0) is 10.1. The van der Waals surface area contributed by atoms with Gasteiger partial charge in [0.1, 0.15) is 0 Å². The summed E-state index contributed by atoms with van der Waals surface area (Å²) < 4.78 is 10.4. The lowest BCUT2D eigenvalue weighted by Gasteiger charge is -2.11. The van der Waals surface area contributed by atoms with E-state index in [1.807, 2.05) is 12.1 Å². The molecule has 0 saturated carbocycles. The van der Waals surface area contributed by atoms with Crippen molar-refractivity contribution < 1.29 is 14.6 Å². The number of ether oxygens (including phenoxy) is 2. The molecular formula is C11H14O3. The summed E-state index contributed by atoms with van der Waals surface area (Å²) in [5, 5.41) is 9.67. The van der Waals surface area contributed by atoms with Gasteiger partial charge in [0.15, 0.2) is 11.5 Å². The third kappa shape index (κ3) is 1.34. The fourth-order valence-electron chi connectivity index (χ4n) is 1.91. The molecule has 76 valence electrons. The van der Waals surface area contributed by atoms with Crippen molar-refractivity contribution in [3.05, 3.63) is 23.3 Å². The number of aliphatic hydroxyl groups excluding tert-OH is 1. The van der Waals surface area contributed by atoms with Gasteiger partial charge in [0.05, 0.1) is 20.3 Å². The largest absolute Gasteiger partial charge is 0.493 e. The van der Waals surface area contributed by atoms with E-state index in [1.54, 1.807) is 14.2 Å². The van der Waals surface area contributed by atoms with Crippen LogP contribution in [0.2, 0.25) is 0 Å². The van der Waals surface area contributed by atoms with E-state index < -0.39 is 0 Å². The van der Waals surface area contributed by atoms with Crippen molar-refractivity contribution in [2.45, 2.75) is 18.9 Å². The number of fused-ring (bicyclic) bond motifs is 1. The second-order valence-electron chi connectivity index (χ2n) is 3.46. The van der Waals surface area contributed by atoms with Crippen molar-refractivity contribution >= 4 is 0 Å². The maximum atomic E-state index is 9.67. The molecule has 0 saturated heterocycles. The quantitative estimate of drug-likeness (QED) is 0.778. The molecule has 0 heterocycles. The highest BCUT2D eigenvalue weighted by atomic mass is 16.5. The van der Waals surface area contributed by atoms with E-state index in [2.05, 4.69) is 0 Å². The van der Waals surface area contributed by atoms with Gasteiger partial charge in [-0.3, -0.25) is 0 Å². The lowest BCUT2D eigenvalue weighted by atomic mass is 10.1. The summed E-state index contributed by atoms with van der Waals surface area (Å²) in [6, 6.07) is 3.82. The molecule has 1 N–H and O–H groups in total. The molecule has 0 aliphatic heterocycles. The number of hydrogen-bond donors (Lipinski definition) is 1. The molecule has 0 fully saturated rings. The summed E-state index contributed by atoms with van der Waals surface area (Å²) in [6.45, 7) is 0. The Morgan fingerprint density at radius 3 is 2.50 bits per heavy atom. The molecule has 0 aromatic heterocycles. The molecule has 14 heavy (non-hydrogen) atoms. The van der Waals surface area contributed by atoms with Crippen molar-refractivity contribution in [2.75, 3.05) is 14.2 Å². The summed E-state index contributed by atoms with van der Waals surface area (Å²) in [5.41, 5.74) is 2.14. The molecule has 0 radical (unpaired) electrons. The van der Waals surface area contributed by atoms with Crippen LogP contribution in [0.5, 0.6) is 11.5 Å². The molecule has 3 nitrogen and oxygen atoms in total. The first-order chi connectivity index (χ1) is 6.76. The van der Waals surface area contributed by atoms with E-state index in [0.29, 0.717) is 5.75 Å². The molecule has 0 unspecified atom stereocenters. The zero-order valence-electron chi connectivity index (χ0n) is 8.41. The lowest BCUT2D eigenvalue weighted by molar-refractivity contribution is 0.179. The second kappa shape index (κ2) is 3.50. The highest BCUT2D eigenvalue weighted by Gasteiger charge is 2.22. The number of benzene rings is 1. The minimum atomic E-state index is -0.343. The SMILES string of the molecule is COc1cc2c(cc1OC)[C@H](O)CC2. The number of hydrogen-bond acceptors (Lipinski definition) is 3. The molecular weight excluding hydrogens is 180 g/mol. The first-order valence-corrected chi connectivity index (χ1v) is 4.69. The summed E-state index contributed by atoms with van der Waals surface area (Å²) in [7, 11) is 3.22. The molecule has 1 aliphatic rings. The van der Waals surface area contributed by atoms with Gasteiger partial charge in [0.25, 0.3) is 0 Å². The number of aryl methyl sites for hydroxylation is 1. The van der Waals surface area contributed by atoms with Crippen molar-refractivity contribution in [1.29, 1.82) is 0 Å². The van der Waals surface area contributed by atoms with Crippen LogP contribution in [0.3, 0.4) is 0 Å². The Labute approximate surface area is 83.3 Å². The molecule has 1 aliphatic carbocycles. The summed E-state index contributed by atoms with van der Waals surface area (Å²) >= 11 is 0. The van der Waals surface area contributed by atoms with Gasteiger partial charge in [-0.2, -0.15) is 0 Å². The predicted molar refractivity (Wildman–Crippen MR) is 52.8 cm³/mol.